The molecule has 0 saturated heterocycles. The average molecular weight is 347 g/mol. The summed E-state index contributed by atoms with van der Waals surface area (Å²) in [6, 6.07) is 6.02. The van der Waals surface area contributed by atoms with Gasteiger partial charge in [0, 0.05) is 26.8 Å². The fourth-order valence-electron chi connectivity index (χ4n) is 2.35. The van der Waals surface area contributed by atoms with Crippen LogP contribution in [-0.4, -0.2) is 42.0 Å². The Kier molecular flexibility index (Phi) is 7.25. The van der Waals surface area contributed by atoms with Crippen LogP contribution in [0.5, 0.6) is 5.75 Å². The molecule has 0 saturated carbocycles. The molecule has 0 radical (unpaired) electrons. The number of nitrogens with zero attached hydrogens (tertiary/aromatic N) is 3. The van der Waals surface area contributed by atoms with Crippen molar-refractivity contribution >= 4 is 5.96 Å². The lowest BCUT2D eigenvalue weighted by Crippen LogP contribution is -2.42. The van der Waals surface area contributed by atoms with Crippen LogP contribution >= 0.6 is 0 Å². The Hall–Kier alpha value is -2.57. The van der Waals surface area contributed by atoms with Gasteiger partial charge in [0.25, 0.3) is 0 Å². The van der Waals surface area contributed by atoms with Crippen molar-refractivity contribution in [3.63, 3.8) is 0 Å². The normalized spacial score (nSPS) is 12.7. The van der Waals surface area contributed by atoms with Crippen LogP contribution in [0.2, 0.25) is 0 Å². The number of nitrogens with one attached hydrogen (secondary N) is 2. The van der Waals surface area contributed by atoms with Gasteiger partial charge in [-0.25, -0.2) is 4.39 Å². The highest BCUT2D eigenvalue weighted by Crippen LogP contribution is 2.12. The Morgan fingerprint density at radius 1 is 1.32 bits per heavy atom. The third-order valence-corrected chi connectivity index (χ3v) is 3.62. The van der Waals surface area contributed by atoms with E-state index in [4.69, 9.17) is 4.74 Å². The van der Waals surface area contributed by atoms with Gasteiger partial charge < -0.3 is 15.4 Å². The molecule has 0 fully saturated rings. The van der Waals surface area contributed by atoms with Crippen molar-refractivity contribution in [3.05, 3.63) is 48.0 Å². The third kappa shape index (κ3) is 6.82. The van der Waals surface area contributed by atoms with Crippen LogP contribution < -0.4 is 15.4 Å². The van der Waals surface area contributed by atoms with Gasteiger partial charge in [0.1, 0.15) is 17.7 Å². The SMILES string of the molecule is CN=C(NCCCc1cnn(C)c1)NCC(C)Oc1ccc(F)cc1. The minimum absolute atomic E-state index is 0.0700. The van der Waals surface area contributed by atoms with Crippen LogP contribution in [0.25, 0.3) is 0 Å². The van der Waals surface area contributed by atoms with E-state index >= 15 is 0 Å². The number of guanidine groups is 1. The molecule has 2 rings (SSSR count). The van der Waals surface area contributed by atoms with E-state index in [0.29, 0.717) is 12.3 Å². The Bertz CT molecular complexity index is 668. The van der Waals surface area contributed by atoms with Gasteiger partial charge in [0.15, 0.2) is 5.96 Å². The van der Waals surface area contributed by atoms with Crippen LogP contribution in [0.3, 0.4) is 0 Å². The molecule has 2 N–H and O–H groups in total. The lowest BCUT2D eigenvalue weighted by Gasteiger charge is -2.17. The second-order valence-electron chi connectivity index (χ2n) is 5.89. The standard InChI is InChI=1S/C18H26FN5O/c1-14(25-17-8-6-16(19)7-9-17)11-22-18(20-2)21-10-4-5-15-12-23-24(3)13-15/h6-9,12-14H,4-5,10-11H2,1-3H3,(H2,20,21,22). The first kappa shape index (κ1) is 18.8. The average Bonchev–Trinajstić information content (AvgIpc) is 3.01. The summed E-state index contributed by atoms with van der Waals surface area (Å²) < 4.78 is 20.4. The molecule has 6 nitrogen and oxygen atoms in total. The smallest absolute Gasteiger partial charge is 0.191 e. The fourth-order valence-corrected chi connectivity index (χ4v) is 2.35. The van der Waals surface area contributed by atoms with E-state index in [1.165, 1.54) is 17.7 Å². The summed E-state index contributed by atoms with van der Waals surface area (Å²) in [4.78, 5) is 4.20. The molecule has 0 aliphatic carbocycles. The van der Waals surface area contributed by atoms with Gasteiger partial charge in [0.05, 0.1) is 12.7 Å². The van der Waals surface area contributed by atoms with Gasteiger partial charge >= 0.3 is 0 Å². The largest absolute Gasteiger partial charge is 0.489 e. The summed E-state index contributed by atoms with van der Waals surface area (Å²) in [5.41, 5.74) is 1.23. The van der Waals surface area contributed by atoms with Gasteiger partial charge in [-0.1, -0.05) is 0 Å². The van der Waals surface area contributed by atoms with Crippen molar-refractivity contribution in [1.29, 1.82) is 0 Å². The Labute approximate surface area is 148 Å². The van der Waals surface area contributed by atoms with Gasteiger partial charge in [0.2, 0.25) is 0 Å². The van der Waals surface area contributed by atoms with E-state index in [2.05, 4.69) is 20.7 Å². The number of rotatable bonds is 8. The molecule has 1 heterocycles. The van der Waals surface area contributed by atoms with Crippen molar-refractivity contribution < 1.29 is 9.13 Å². The molecule has 1 unspecified atom stereocenters. The molecule has 1 aromatic carbocycles. The molecule has 1 aromatic heterocycles. The van der Waals surface area contributed by atoms with Crippen LogP contribution in [0.15, 0.2) is 41.7 Å². The number of hydrogen-bond acceptors (Lipinski definition) is 3. The van der Waals surface area contributed by atoms with Crippen LogP contribution in [-0.2, 0) is 13.5 Å². The lowest BCUT2D eigenvalue weighted by atomic mass is 10.2. The molecule has 0 spiro atoms. The predicted molar refractivity (Wildman–Crippen MR) is 97.4 cm³/mol. The highest BCUT2D eigenvalue weighted by molar-refractivity contribution is 5.79. The first-order valence-electron chi connectivity index (χ1n) is 8.41. The second kappa shape index (κ2) is 9.66. The summed E-state index contributed by atoms with van der Waals surface area (Å²) in [7, 11) is 3.66. The first-order valence-corrected chi connectivity index (χ1v) is 8.41. The van der Waals surface area contributed by atoms with Gasteiger partial charge in [-0.05, 0) is 49.6 Å². The van der Waals surface area contributed by atoms with E-state index < -0.39 is 0 Å². The summed E-state index contributed by atoms with van der Waals surface area (Å²) >= 11 is 0. The van der Waals surface area contributed by atoms with Crippen molar-refractivity contribution in [2.24, 2.45) is 12.0 Å². The molecule has 7 heteroatoms. The highest BCUT2D eigenvalue weighted by Gasteiger charge is 2.06. The number of aromatic nitrogens is 2. The van der Waals surface area contributed by atoms with Crippen LogP contribution in [0, 0.1) is 5.82 Å². The van der Waals surface area contributed by atoms with E-state index in [1.54, 1.807) is 19.2 Å². The predicted octanol–water partition coefficient (Wildman–Crippen LogP) is 2.12. The Balaban J connectivity index is 1.64. The molecule has 0 aliphatic rings. The maximum Gasteiger partial charge on any atom is 0.191 e. The molecule has 0 aliphatic heterocycles. The Morgan fingerprint density at radius 2 is 2.08 bits per heavy atom. The Morgan fingerprint density at radius 3 is 2.72 bits per heavy atom. The lowest BCUT2D eigenvalue weighted by molar-refractivity contribution is 0.223. The monoisotopic (exact) mass is 347 g/mol. The summed E-state index contributed by atoms with van der Waals surface area (Å²) in [5, 5.41) is 10.7. The number of ether oxygens (including phenoxy) is 1. The van der Waals surface area contributed by atoms with Crippen molar-refractivity contribution in [3.8, 4) is 5.75 Å². The molecule has 0 bridgehead atoms. The molecular weight excluding hydrogens is 321 g/mol. The van der Waals surface area contributed by atoms with Gasteiger partial charge in [-0.3, -0.25) is 9.67 Å². The minimum Gasteiger partial charge on any atom is -0.489 e. The molecule has 2 aromatic rings. The van der Waals surface area contributed by atoms with E-state index in [9.17, 15) is 4.39 Å². The number of aliphatic imine (C=N–C) groups is 1. The van der Waals surface area contributed by atoms with E-state index in [-0.39, 0.29) is 11.9 Å². The molecular formula is C18H26FN5O. The third-order valence-electron chi connectivity index (χ3n) is 3.62. The minimum atomic E-state index is -0.269. The zero-order valence-corrected chi connectivity index (χ0v) is 15.0. The van der Waals surface area contributed by atoms with E-state index in [1.807, 2.05) is 31.0 Å². The molecule has 0 amide bonds. The number of halogens is 1. The van der Waals surface area contributed by atoms with E-state index in [0.717, 1.165) is 25.3 Å². The second-order valence-corrected chi connectivity index (χ2v) is 5.89. The fraction of sp³-hybridized carbons (Fsp3) is 0.444. The van der Waals surface area contributed by atoms with Crippen molar-refractivity contribution in [1.82, 2.24) is 20.4 Å². The summed E-state index contributed by atoms with van der Waals surface area (Å²) in [6.45, 7) is 3.37. The first-order chi connectivity index (χ1) is 12.1. The van der Waals surface area contributed by atoms with Crippen molar-refractivity contribution in [2.45, 2.75) is 25.9 Å². The number of aryl methyl sites for hydroxylation is 2. The molecule has 1 atom stereocenters. The summed E-state index contributed by atoms with van der Waals surface area (Å²) in [6.07, 6.45) is 5.82. The maximum absolute atomic E-state index is 12.9. The molecule has 136 valence electrons. The maximum atomic E-state index is 12.9. The van der Waals surface area contributed by atoms with Gasteiger partial charge in [-0.2, -0.15) is 5.10 Å². The van der Waals surface area contributed by atoms with Crippen molar-refractivity contribution in [2.75, 3.05) is 20.1 Å². The topological polar surface area (TPSA) is 63.5 Å². The number of hydrogen-bond donors (Lipinski definition) is 2. The van der Waals surface area contributed by atoms with Crippen LogP contribution in [0.1, 0.15) is 18.9 Å². The van der Waals surface area contributed by atoms with Crippen LogP contribution in [0.4, 0.5) is 4.39 Å². The number of benzene rings is 1. The molecule has 25 heavy (non-hydrogen) atoms. The zero-order valence-electron chi connectivity index (χ0n) is 15.0. The highest BCUT2D eigenvalue weighted by atomic mass is 19.1. The summed E-state index contributed by atoms with van der Waals surface area (Å²) in [5.74, 6) is 1.12. The van der Waals surface area contributed by atoms with Gasteiger partial charge in [-0.15, -0.1) is 0 Å². The zero-order chi connectivity index (χ0) is 18.1. The quantitative estimate of drug-likeness (QED) is 0.436.